The van der Waals surface area contributed by atoms with Crippen molar-refractivity contribution in [2.45, 2.75) is 12.8 Å². The van der Waals surface area contributed by atoms with Gasteiger partial charge in [0.2, 0.25) is 17.7 Å². The van der Waals surface area contributed by atoms with E-state index in [0.717, 1.165) is 17.0 Å². The third-order valence-electron chi connectivity index (χ3n) is 4.75. The van der Waals surface area contributed by atoms with Gasteiger partial charge in [0.1, 0.15) is 11.6 Å². The fourth-order valence-electron chi connectivity index (χ4n) is 3.32. The van der Waals surface area contributed by atoms with E-state index in [2.05, 4.69) is 10.1 Å². The van der Waals surface area contributed by atoms with Crippen molar-refractivity contribution in [1.82, 2.24) is 4.90 Å². The molecule has 1 heterocycles. The van der Waals surface area contributed by atoms with Gasteiger partial charge in [0.15, 0.2) is 0 Å². The molecule has 3 rings (SSSR count). The summed E-state index contributed by atoms with van der Waals surface area (Å²) in [6.07, 6.45) is -4.93. The van der Waals surface area contributed by atoms with Crippen molar-refractivity contribution in [2.75, 3.05) is 30.4 Å². The molecule has 1 atom stereocenters. The topological polar surface area (TPSA) is 79.0 Å². The summed E-state index contributed by atoms with van der Waals surface area (Å²) in [6.45, 7) is -0.352. The highest BCUT2D eigenvalue weighted by Crippen LogP contribution is 2.28. The van der Waals surface area contributed by atoms with Gasteiger partial charge in [-0.05, 0) is 36.4 Å². The van der Waals surface area contributed by atoms with Crippen molar-refractivity contribution in [2.24, 2.45) is 5.92 Å². The van der Waals surface area contributed by atoms with Gasteiger partial charge in [0, 0.05) is 25.7 Å². The number of halogens is 4. The second-order valence-electron chi connectivity index (χ2n) is 7.17. The molecule has 1 aliphatic rings. The number of alkyl halides is 3. The second-order valence-corrected chi connectivity index (χ2v) is 7.17. The average molecular weight is 453 g/mol. The molecule has 2 aromatic carbocycles. The van der Waals surface area contributed by atoms with Crippen molar-refractivity contribution in [3.8, 4) is 5.75 Å². The number of carbonyl (C=O) groups is 3. The Bertz CT molecular complexity index is 1010. The van der Waals surface area contributed by atoms with Gasteiger partial charge in [-0.1, -0.05) is 12.1 Å². The van der Waals surface area contributed by atoms with Crippen LogP contribution in [0.1, 0.15) is 6.42 Å². The van der Waals surface area contributed by atoms with E-state index in [9.17, 15) is 31.9 Å². The highest BCUT2D eigenvalue weighted by Gasteiger charge is 2.37. The lowest BCUT2D eigenvalue weighted by atomic mass is 10.1. The van der Waals surface area contributed by atoms with Gasteiger partial charge < -0.3 is 19.9 Å². The third-order valence-corrected chi connectivity index (χ3v) is 4.75. The van der Waals surface area contributed by atoms with Crippen LogP contribution in [0.15, 0.2) is 48.5 Å². The van der Waals surface area contributed by atoms with E-state index in [-0.39, 0.29) is 30.9 Å². The van der Waals surface area contributed by atoms with E-state index in [1.165, 1.54) is 42.3 Å². The molecule has 1 unspecified atom stereocenters. The molecule has 0 saturated carbocycles. The van der Waals surface area contributed by atoms with Crippen molar-refractivity contribution < 1.29 is 36.7 Å². The van der Waals surface area contributed by atoms with Crippen LogP contribution < -0.4 is 15.0 Å². The minimum absolute atomic E-state index is 0.00870. The zero-order valence-electron chi connectivity index (χ0n) is 16.9. The van der Waals surface area contributed by atoms with Crippen molar-refractivity contribution in [3.63, 3.8) is 0 Å². The molecule has 1 fully saturated rings. The summed E-state index contributed by atoms with van der Waals surface area (Å²) in [5.41, 5.74) is 0.304. The summed E-state index contributed by atoms with van der Waals surface area (Å²) in [6, 6.07) is 10.3. The minimum atomic E-state index is -4.82. The Kier molecular flexibility index (Phi) is 6.66. The number of hydrogen-bond acceptors (Lipinski definition) is 4. The van der Waals surface area contributed by atoms with E-state index in [1.807, 2.05) is 0 Å². The molecule has 1 saturated heterocycles. The van der Waals surface area contributed by atoms with Crippen LogP contribution in [0.5, 0.6) is 5.75 Å². The molecule has 1 N–H and O–H groups in total. The van der Waals surface area contributed by atoms with Crippen molar-refractivity contribution >= 4 is 29.1 Å². The standard InChI is InChI=1S/C21H19F4N3O4/c1-27(12-18(29)26-14-6-8-15(9-7-14)32-21(23,24)25)20(31)13-10-19(30)28(11-13)17-5-3-2-4-16(17)22/h2-9,13H,10-12H2,1H3,(H,26,29). The van der Waals surface area contributed by atoms with Gasteiger partial charge in [0.05, 0.1) is 18.2 Å². The maximum atomic E-state index is 14.0. The zero-order valence-corrected chi connectivity index (χ0v) is 16.9. The summed E-state index contributed by atoms with van der Waals surface area (Å²) < 4.78 is 54.3. The van der Waals surface area contributed by atoms with Crippen LogP contribution >= 0.6 is 0 Å². The number of carbonyl (C=O) groups excluding carboxylic acids is 3. The number of rotatable bonds is 6. The molecule has 7 nitrogen and oxygen atoms in total. The summed E-state index contributed by atoms with van der Waals surface area (Å²) in [5.74, 6) is -3.19. The molecule has 1 aliphatic heterocycles. The molecule has 170 valence electrons. The maximum Gasteiger partial charge on any atom is 0.573 e. The van der Waals surface area contributed by atoms with E-state index in [4.69, 9.17) is 0 Å². The Balaban J connectivity index is 1.54. The summed E-state index contributed by atoms with van der Waals surface area (Å²) in [7, 11) is 1.39. The number of likely N-dealkylation sites (N-methyl/N-ethyl adjacent to an activating group) is 1. The zero-order chi connectivity index (χ0) is 23.5. The van der Waals surface area contributed by atoms with Crippen LogP contribution in [0.4, 0.5) is 28.9 Å². The van der Waals surface area contributed by atoms with Crippen molar-refractivity contribution in [1.29, 1.82) is 0 Å². The molecule has 0 aliphatic carbocycles. The predicted molar refractivity (Wildman–Crippen MR) is 106 cm³/mol. The first kappa shape index (κ1) is 23.0. The first-order chi connectivity index (χ1) is 15.0. The van der Waals surface area contributed by atoms with Gasteiger partial charge in [-0.25, -0.2) is 4.39 Å². The van der Waals surface area contributed by atoms with Gasteiger partial charge in [-0.2, -0.15) is 0 Å². The number of benzene rings is 2. The van der Waals surface area contributed by atoms with Gasteiger partial charge in [0.25, 0.3) is 0 Å². The Morgan fingerprint density at radius 2 is 1.81 bits per heavy atom. The highest BCUT2D eigenvalue weighted by atomic mass is 19.4. The second kappa shape index (κ2) is 9.25. The van der Waals surface area contributed by atoms with E-state index >= 15 is 0 Å². The molecule has 0 aromatic heterocycles. The predicted octanol–water partition coefficient (Wildman–Crippen LogP) is 3.17. The normalized spacial score (nSPS) is 16.1. The van der Waals surface area contributed by atoms with Gasteiger partial charge in [-0.3, -0.25) is 14.4 Å². The number of nitrogens with one attached hydrogen (secondary N) is 1. The molecule has 0 bridgehead atoms. The molecule has 0 radical (unpaired) electrons. The lowest BCUT2D eigenvalue weighted by molar-refractivity contribution is -0.274. The van der Waals surface area contributed by atoms with Crippen LogP contribution in [0.3, 0.4) is 0 Å². The lowest BCUT2D eigenvalue weighted by Gasteiger charge is -2.21. The molecule has 0 spiro atoms. The summed E-state index contributed by atoms with van der Waals surface area (Å²) >= 11 is 0. The lowest BCUT2D eigenvalue weighted by Crippen LogP contribution is -2.39. The Hall–Kier alpha value is -3.63. The number of anilines is 2. The van der Waals surface area contributed by atoms with Gasteiger partial charge in [-0.15, -0.1) is 13.2 Å². The largest absolute Gasteiger partial charge is 0.573 e. The Labute approximate surface area is 180 Å². The fourth-order valence-corrected chi connectivity index (χ4v) is 3.32. The number of amides is 3. The Morgan fingerprint density at radius 3 is 2.44 bits per heavy atom. The molecule has 3 amide bonds. The van der Waals surface area contributed by atoms with Crippen LogP contribution in [-0.2, 0) is 14.4 Å². The number of para-hydroxylation sites is 1. The van der Waals surface area contributed by atoms with E-state index < -0.39 is 41.6 Å². The smallest absolute Gasteiger partial charge is 0.406 e. The van der Waals surface area contributed by atoms with E-state index in [1.54, 1.807) is 6.07 Å². The SMILES string of the molecule is CN(CC(=O)Nc1ccc(OC(F)(F)F)cc1)C(=O)C1CC(=O)N(c2ccccc2F)C1. The van der Waals surface area contributed by atoms with Crippen LogP contribution in [0.2, 0.25) is 0 Å². The maximum absolute atomic E-state index is 14.0. The molecule has 11 heteroatoms. The molecule has 2 aromatic rings. The number of hydrogen-bond donors (Lipinski definition) is 1. The highest BCUT2D eigenvalue weighted by molar-refractivity contribution is 6.01. The third kappa shape index (κ3) is 5.74. The number of ether oxygens (including phenoxy) is 1. The van der Waals surface area contributed by atoms with E-state index in [0.29, 0.717) is 0 Å². The van der Waals surface area contributed by atoms with Crippen LogP contribution in [0.25, 0.3) is 0 Å². The first-order valence-electron chi connectivity index (χ1n) is 9.49. The average Bonchev–Trinajstić information content (AvgIpc) is 3.09. The number of nitrogens with zero attached hydrogens (tertiary/aromatic N) is 2. The molecular formula is C21H19F4N3O4. The van der Waals surface area contributed by atoms with Gasteiger partial charge >= 0.3 is 6.36 Å². The molecular weight excluding hydrogens is 434 g/mol. The van der Waals surface area contributed by atoms with Crippen LogP contribution in [0, 0.1) is 11.7 Å². The van der Waals surface area contributed by atoms with Crippen LogP contribution in [-0.4, -0.2) is 49.1 Å². The Morgan fingerprint density at radius 1 is 1.16 bits per heavy atom. The quantitative estimate of drug-likeness (QED) is 0.682. The fraction of sp³-hybridized carbons (Fsp3) is 0.286. The van der Waals surface area contributed by atoms with Crippen molar-refractivity contribution in [3.05, 3.63) is 54.3 Å². The molecule has 32 heavy (non-hydrogen) atoms. The summed E-state index contributed by atoms with van der Waals surface area (Å²) in [4.78, 5) is 39.5. The minimum Gasteiger partial charge on any atom is -0.406 e. The monoisotopic (exact) mass is 453 g/mol. The summed E-state index contributed by atoms with van der Waals surface area (Å²) in [5, 5.41) is 2.46. The first-order valence-corrected chi connectivity index (χ1v) is 9.49.